The maximum Gasteiger partial charge on any atom is 0.252 e. The quantitative estimate of drug-likeness (QED) is 0.515. The molecule has 1 heterocycles. The normalized spacial score (nSPS) is 11.7. The number of nitrogens with zero attached hydrogens (tertiary/aromatic N) is 3. The highest BCUT2D eigenvalue weighted by Gasteiger charge is 2.02. The summed E-state index contributed by atoms with van der Waals surface area (Å²) in [7, 11) is -3.22. The summed E-state index contributed by atoms with van der Waals surface area (Å²) in [4.78, 5) is 3.46. The molecule has 0 N–H and O–H groups in total. The molecule has 1 rings (SSSR count). The Labute approximate surface area is 52.4 Å². The van der Waals surface area contributed by atoms with Crippen LogP contribution in [-0.4, -0.2) is 28.8 Å². The van der Waals surface area contributed by atoms with Crippen molar-refractivity contribution in [1.82, 2.24) is 14.2 Å². The molecule has 0 aliphatic rings. The topological polar surface area (TPSA) is 64.8 Å². The zero-order valence-corrected chi connectivity index (χ0v) is 5.54. The third-order valence-corrected chi connectivity index (χ3v) is 1.61. The molecule has 1 aromatic heterocycles. The summed E-state index contributed by atoms with van der Waals surface area (Å²) in [5.74, 6) is 0. The van der Waals surface area contributed by atoms with Crippen molar-refractivity contribution in [3.05, 3.63) is 12.7 Å². The molecule has 0 aromatic carbocycles. The Morgan fingerprint density at radius 1 is 1.56 bits per heavy atom. The molecule has 0 aliphatic heterocycles. The van der Waals surface area contributed by atoms with E-state index in [4.69, 9.17) is 0 Å². The van der Waals surface area contributed by atoms with Gasteiger partial charge in [-0.15, -0.1) is 9.19 Å². The van der Waals surface area contributed by atoms with Crippen LogP contribution in [-0.2, 0) is 10.0 Å². The third-order valence-electron chi connectivity index (χ3n) is 0.737. The van der Waals surface area contributed by atoms with Gasteiger partial charge in [-0.3, -0.25) is 0 Å². The Hall–Kier alpha value is -0.910. The molecule has 0 saturated heterocycles. The van der Waals surface area contributed by atoms with Gasteiger partial charge in [0.05, 0.1) is 6.26 Å². The highest BCUT2D eigenvalue weighted by molar-refractivity contribution is 7.89. The molecule has 0 amide bonds. The van der Waals surface area contributed by atoms with Crippen molar-refractivity contribution >= 4 is 10.0 Å². The van der Waals surface area contributed by atoms with E-state index >= 15 is 0 Å². The van der Waals surface area contributed by atoms with Gasteiger partial charge in [-0.05, 0) is 0 Å². The van der Waals surface area contributed by atoms with Crippen molar-refractivity contribution in [3.8, 4) is 0 Å². The van der Waals surface area contributed by atoms with Crippen LogP contribution in [0.1, 0.15) is 0 Å². The first-order valence-electron chi connectivity index (χ1n) is 2.16. The van der Waals surface area contributed by atoms with Gasteiger partial charge >= 0.3 is 0 Å². The largest absolute Gasteiger partial charge is 0.252 e. The second-order valence-corrected chi connectivity index (χ2v) is 3.37. The van der Waals surface area contributed by atoms with Crippen molar-refractivity contribution in [1.29, 1.82) is 0 Å². The fraction of sp³-hybridized carbons (Fsp3) is 0.333. The minimum Gasteiger partial charge on any atom is -0.222 e. The monoisotopic (exact) mass is 147 g/mol. The smallest absolute Gasteiger partial charge is 0.222 e. The Bertz CT molecular complexity index is 274. The van der Waals surface area contributed by atoms with Crippen molar-refractivity contribution in [2.45, 2.75) is 0 Å². The van der Waals surface area contributed by atoms with Gasteiger partial charge in [0.1, 0.15) is 12.7 Å². The molecule has 0 unspecified atom stereocenters. The van der Waals surface area contributed by atoms with E-state index in [0.29, 0.717) is 0 Å². The molecule has 5 nitrogen and oxygen atoms in total. The summed E-state index contributed by atoms with van der Waals surface area (Å²) in [6.45, 7) is 0. The number of hydrogen-bond acceptors (Lipinski definition) is 4. The second-order valence-electron chi connectivity index (χ2n) is 1.53. The van der Waals surface area contributed by atoms with Gasteiger partial charge in [0.25, 0.3) is 10.0 Å². The molecule has 0 aliphatic carbocycles. The Kier molecular flexibility index (Phi) is 1.24. The van der Waals surface area contributed by atoms with Crippen molar-refractivity contribution < 1.29 is 8.42 Å². The number of aromatic nitrogens is 3. The number of hydrogen-bond donors (Lipinski definition) is 0. The lowest BCUT2D eigenvalue weighted by Crippen LogP contribution is -2.09. The summed E-state index contributed by atoms with van der Waals surface area (Å²) in [6.07, 6.45) is 3.36. The van der Waals surface area contributed by atoms with Crippen LogP contribution in [0.15, 0.2) is 12.7 Å². The minimum atomic E-state index is -3.22. The average molecular weight is 147 g/mol. The first-order chi connectivity index (χ1) is 4.11. The van der Waals surface area contributed by atoms with Crippen LogP contribution in [0.25, 0.3) is 0 Å². The predicted octanol–water partition coefficient (Wildman–Crippen LogP) is -0.914. The summed E-state index contributed by atoms with van der Waals surface area (Å²) < 4.78 is 21.9. The van der Waals surface area contributed by atoms with Gasteiger partial charge in [-0.2, -0.15) is 0 Å². The molecule has 0 spiro atoms. The van der Waals surface area contributed by atoms with E-state index in [-0.39, 0.29) is 0 Å². The average Bonchev–Trinajstić information content (AvgIpc) is 2.08. The standard InChI is InChI=1S/C3H5N3O2S/c1-9(7,8)6-3-4-2-5-6/h2-3H,1H3. The van der Waals surface area contributed by atoms with Crippen LogP contribution < -0.4 is 0 Å². The molecule has 0 saturated carbocycles. The molecule has 0 radical (unpaired) electrons. The van der Waals surface area contributed by atoms with Crippen molar-refractivity contribution in [2.24, 2.45) is 0 Å². The molecule has 9 heavy (non-hydrogen) atoms. The molecule has 0 bridgehead atoms. The molecule has 1 aromatic rings. The van der Waals surface area contributed by atoms with Crippen LogP contribution >= 0.6 is 0 Å². The van der Waals surface area contributed by atoms with Crippen molar-refractivity contribution in [2.75, 3.05) is 6.26 Å². The summed E-state index contributed by atoms with van der Waals surface area (Å²) >= 11 is 0. The van der Waals surface area contributed by atoms with Crippen molar-refractivity contribution in [3.63, 3.8) is 0 Å². The lowest BCUT2D eigenvalue weighted by molar-refractivity contribution is 0.586. The summed E-state index contributed by atoms with van der Waals surface area (Å²) in [5.41, 5.74) is 0. The summed E-state index contributed by atoms with van der Waals surface area (Å²) in [6, 6.07) is 0. The van der Waals surface area contributed by atoms with E-state index in [9.17, 15) is 8.42 Å². The zero-order chi connectivity index (χ0) is 6.91. The van der Waals surface area contributed by atoms with Gasteiger partial charge in [0.15, 0.2) is 0 Å². The highest BCUT2D eigenvalue weighted by atomic mass is 32.2. The third kappa shape index (κ3) is 1.26. The fourth-order valence-electron chi connectivity index (χ4n) is 0.369. The van der Waals surface area contributed by atoms with Crippen LogP contribution in [0.4, 0.5) is 0 Å². The van der Waals surface area contributed by atoms with Crippen LogP contribution in [0.3, 0.4) is 0 Å². The molecule has 0 fully saturated rings. The maximum absolute atomic E-state index is 10.6. The zero-order valence-electron chi connectivity index (χ0n) is 4.72. The molecule has 0 atom stereocenters. The van der Waals surface area contributed by atoms with E-state index in [2.05, 4.69) is 10.1 Å². The highest BCUT2D eigenvalue weighted by Crippen LogP contribution is 1.84. The first kappa shape index (κ1) is 6.21. The van der Waals surface area contributed by atoms with E-state index < -0.39 is 10.0 Å². The minimum absolute atomic E-state index is 0.799. The lowest BCUT2D eigenvalue weighted by Gasteiger charge is -1.90. The molecule has 6 heteroatoms. The van der Waals surface area contributed by atoms with Gasteiger partial charge in [-0.25, -0.2) is 13.4 Å². The Balaban J connectivity index is 3.20. The van der Waals surface area contributed by atoms with Gasteiger partial charge in [-0.1, -0.05) is 0 Å². The van der Waals surface area contributed by atoms with E-state index in [1.807, 2.05) is 0 Å². The summed E-state index contributed by atoms with van der Waals surface area (Å²) in [5, 5.41) is 3.41. The van der Waals surface area contributed by atoms with Gasteiger partial charge in [0, 0.05) is 0 Å². The first-order valence-corrected chi connectivity index (χ1v) is 4.01. The molecule has 50 valence electrons. The van der Waals surface area contributed by atoms with Crippen LogP contribution in [0, 0.1) is 0 Å². The Morgan fingerprint density at radius 2 is 2.22 bits per heavy atom. The molecular formula is C3H5N3O2S. The number of rotatable bonds is 1. The van der Waals surface area contributed by atoms with Gasteiger partial charge < -0.3 is 0 Å². The van der Waals surface area contributed by atoms with Gasteiger partial charge in [0.2, 0.25) is 0 Å². The Morgan fingerprint density at radius 3 is 2.44 bits per heavy atom. The van der Waals surface area contributed by atoms with E-state index in [1.54, 1.807) is 0 Å². The lowest BCUT2D eigenvalue weighted by atomic mass is 11.3. The van der Waals surface area contributed by atoms with E-state index in [1.165, 1.54) is 6.33 Å². The molecular weight excluding hydrogens is 142 g/mol. The SMILES string of the molecule is CS(=O)(=O)n1cncn1. The maximum atomic E-state index is 10.6. The predicted molar refractivity (Wildman–Crippen MR) is 30.3 cm³/mol. The second kappa shape index (κ2) is 1.80. The van der Waals surface area contributed by atoms with Crippen LogP contribution in [0.2, 0.25) is 0 Å². The van der Waals surface area contributed by atoms with E-state index in [0.717, 1.165) is 16.7 Å². The fourth-order valence-corrected chi connectivity index (χ4v) is 0.808. The van der Waals surface area contributed by atoms with Crippen LogP contribution in [0.5, 0.6) is 0 Å².